The first-order valence-corrected chi connectivity index (χ1v) is 11.5. The van der Waals surface area contributed by atoms with Crippen LogP contribution < -0.4 is 16.6 Å². The number of hydrogen-bond donors (Lipinski definition) is 3. The first kappa shape index (κ1) is 23.7. The minimum absolute atomic E-state index is 0.180. The highest BCUT2D eigenvalue weighted by molar-refractivity contribution is 5.88. The van der Waals surface area contributed by atoms with Gasteiger partial charge >= 0.3 is 0 Å². The molecule has 0 saturated carbocycles. The van der Waals surface area contributed by atoms with Gasteiger partial charge in [-0.2, -0.15) is 0 Å². The summed E-state index contributed by atoms with van der Waals surface area (Å²) in [5.74, 6) is 6.68. The average molecular weight is 494 g/mol. The largest absolute Gasteiger partial charge is 0.421 e. The number of aryl methyl sites for hydroxylation is 1. The van der Waals surface area contributed by atoms with Crippen LogP contribution in [0, 0.1) is 18.8 Å². The van der Waals surface area contributed by atoms with E-state index < -0.39 is 6.04 Å². The summed E-state index contributed by atoms with van der Waals surface area (Å²) in [6.07, 6.45) is 1.34. The number of hydrogen-bond acceptors (Lipinski definition) is 9. The summed E-state index contributed by atoms with van der Waals surface area (Å²) in [7, 11) is 0. The van der Waals surface area contributed by atoms with E-state index in [1.807, 2.05) is 55.5 Å². The lowest BCUT2D eigenvalue weighted by Crippen LogP contribution is -2.26. The maximum atomic E-state index is 14.0. The number of aromatic nitrogens is 5. The number of anilines is 2. The average Bonchev–Trinajstić information content (AvgIpc) is 3.33. The third kappa shape index (κ3) is 4.51. The van der Waals surface area contributed by atoms with Crippen LogP contribution in [0.3, 0.4) is 0 Å². The third-order valence-corrected chi connectivity index (χ3v) is 5.81. The van der Waals surface area contributed by atoms with E-state index in [0.29, 0.717) is 39.6 Å². The molecule has 10 nitrogen and oxygen atoms in total. The monoisotopic (exact) mass is 493 g/mol. The molecule has 1 atom stereocenters. The molecule has 0 aliphatic rings. The van der Waals surface area contributed by atoms with E-state index in [2.05, 4.69) is 37.3 Å². The molecule has 0 fully saturated rings. The van der Waals surface area contributed by atoms with Gasteiger partial charge < -0.3 is 20.6 Å². The van der Waals surface area contributed by atoms with Crippen molar-refractivity contribution in [2.24, 2.45) is 0 Å². The van der Waals surface area contributed by atoms with E-state index in [1.165, 1.54) is 6.33 Å². The highest BCUT2D eigenvalue weighted by Crippen LogP contribution is 2.32. The van der Waals surface area contributed by atoms with Crippen molar-refractivity contribution in [3.63, 3.8) is 0 Å². The maximum absolute atomic E-state index is 14.0. The quantitative estimate of drug-likeness (QED) is 0.314. The molecule has 10 heteroatoms. The lowest BCUT2D eigenvalue weighted by molar-refractivity contribution is 0.350. The van der Waals surface area contributed by atoms with Crippen LogP contribution >= 0.6 is 0 Å². The summed E-state index contributed by atoms with van der Waals surface area (Å²) < 4.78 is 7.23. The fraction of sp³-hybridized carbons (Fsp3) is 0.148. The number of benzene rings is 2. The lowest BCUT2D eigenvalue weighted by atomic mass is 10.0. The van der Waals surface area contributed by atoms with E-state index in [-0.39, 0.29) is 23.9 Å². The van der Waals surface area contributed by atoms with Gasteiger partial charge in [-0.3, -0.25) is 9.36 Å². The van der Waals surface area contributed by atoms with Gasteiger partial charge in [-0.25, -0.2) is 9.97 Å². The van der Waals surface area contributed by atoms with Gasteiger partial charge in [-0.15, -0.1) is 10.2 Å². The molecule has 5 rings (SSSR count). The first-order chi connectivity index (χ1) is 18.0. The molecule has 4 N–H and O–H groups in total. The van der Waals surface area contributed by atoms with Crippen LogP contribution in [0.15, 0.2) is 70.1 Å². The minimum atomic E-state index is -0.415. The molecule has 37 heavy (non-hydrogen) atoms. The highest BCUT2D eigenvalue weighted by atomic mass is 16.4. The Morgan fingerprint density at radius 2 is 1.95 bits per heavy atom. The Morgan fingerprint density at radius 1 is 1.14 bits per heavy atom. The van der Waals surface area contributed by atoms with Crippen molar-refractivity contribution < 1.29 is 9.52 Å². The molecule has 0 aliphatic carbocycles. The van der Waals surface area contributed by atoms with Gasteiger partial charge in [0.15, 0.2) is 0 Å². The predicted molar refractivity (Wildman–Crippen MR) is 140 cm³/mol. The summed E-state index contributed by atoms with van der Waals surface area (Å²) in [5, 5.41) is 21.7. The van der Waals surface area contributed by atoms with Gasteiger partial charge in [0.1, 0.15) is 30.1 Å². The molecule has 3 aromatic heterocycles. The van der Waals surface area contributed by atoms with Crippen LogP contribution in [0.2, 0.25) is 0 Å². The molecular formula is C27H23N7O3. The molecule has 184 valence electrons. The molecule has 0 aliphatic heterocycles. The van der Waals surface area contributed by atoms with E-state index >= 15 is 0 Å². The molecule has 0 bridgehead atoms. The molecule has 3 heterocycles. The van der Waals surface area contributed by atoms with E-state index in [1.54, 1.807) is 17.6 Å². The van der Waals surface area contributed by atoms with Crippen LogP contribution in [0.5, 0.6) is 0 Å². The van der Waals surface area contributed by atoms with Crippen molar-refractivity contribution in [2.75, 3.05) is 17.7 Å². The zero-order valence-electron chi connectivity index (χ0n) is 20.1. The minimum Gasteiger partial charge on any atom is -0.421 e. The molecule has 0 saturated heterocycles. The normalized spacial score (nSPS) is 11.6. The second-order valence-corrected chi connectivity index (χ2v) is 8.25. The van der Waals surface area contributed by atoms with Crippen LogP contribution in [0.25, 0.3) is 27.9 Å². The van der Waals surface area contributed by atoms with Gasteiger partial charge in [0.2, 0.25) is 5.89 Å². The third-order valence-electron chi connectivity index (χ3n) is 5.81. The SMILES string of the molecule is Cc1nnc(-c2c(N)ncnc2NC(C)c2cc3cccc(C#CCO)c3c(=O)n2-c2ccccc2)o1. The zero-order valence-corrected chi connectivity index (χ0v) is 20.1. The van der Waals surface area contributed by atoms with Gasteiger partial charge in [0.25, 0.3) is 11.4 Å². The highest BCUT2D eigenvalue weighted by Gasteiger charge is 2.22. The summed E-state index contributed by atoms with van der Waals surface area (Å²) in [6, 6.07) is 16.3. The number of aliphatic hydroxyl groups is 1. The first-order valence-electron chi connectivity index (χ1n) is 11.5. The van der Waals surface area contributed by atoms with Crippen LogP contribution in [-0.4, -0.2) is 36.4 Å². The van der Waals surface area contributed by atoms with Crippen LogP contribution in [0.4, 0.5) is 11.6 Å². The summed E-state index contributed by atoms with van der Waals surface area (Å²) in [6.45, 7) is 3.29. The second kappa shape index (κ2) is 9.93. The van der Waals surface area contributed by atoms with Crippen molar-refractivity contribution in [3.05, 3.63) is 88.4 Å². The number of pyridine rings is 1. The summed E-state index contributed by atoms with van der Waals surface area (Å²) >= 11 is 0. The number of fused-ring (bicyclic) bond motifs is 1. The van der Waals surface area contributed by atoms with Gasteiger partial charge in [-0.05, 0) is 36.6 Å². The molecular weight excluding hydrogens is 470 g/mol. The maximum Gasteiger partial charge on any atom is 0.264 e. The van der Waals surface area contributed by atoms with Crippen molar-refractivity contribution >= 4 is 22.4 Å². The number of nitrogen functional groups attached to an aromatic ring is 1. The molecule has 2 aromatic carbocycles. The molecule has 5 aromatic rings. The Kier molecular flexibility index (Phi) is 6.36. The van der Waals surface area contributed by atoms with E-state index in [4.69, 9.17) is 10.2 Å². The Labute approximate surface area is 211 Å². The second-order valence-electron chi connectivity index (χ2n) is 8.25. The number of nitrogens with one attached hydrogen (secondary N) is 1. The summed E-state index contributed by atoms with van der Waals surface area (Å²) in [5.41, 5.74) is 8.22. The zero-order chi connectivity index (χ0) is 25.9. The Balaban J connectivity index is 1.69. The molecule has 0 radical (unpaired) electrons. The smallest absolute Gasteiger partial charge is 0.264 e. The Bertz CT molecular complexity index is 1720. The number of aliphatic hydroxyl groups excluding tert-OH is 1. The summed E-state index contributed by atoms with van der Waals surface area (Å²) in [4.78, 5) is 22.4. The number of nitrogens with two attached hydrogens (primary N) is 1. The van der Waals surface area contributed by atoms with Crippen molar-refractivity contribution in [3.8, 4) is 29.0 Å². The molecule has 0 amide bonds. The lowest BCUT2D eigenvalue weighted by Gasteiger charge is -2.22. The van der Waals surface area contributed by atoms with Gasteiger partial charge in [0, 0.05) is 23.9 Å². The standard InChI is InChI=1S/C27H23N7O3/c1-16(31-25-23(24(28)29-15-30-25)26-33-32-17(2)37-26)21-14-19-9-6-8-18(10-7-13-35)22(19)27(36)34(21)20-11-4-3-5-12-20/h3-6,8-9,11-12,14-16,35H,13H2,1-2H3,(H3,28,29,30,31). The fourth-order valence-corrected chi connectivity index (χ4v) is 4.18. The molecule has 1 unspecified atom stereocenters. The topological polar surface area (TPSA) is 145 Å². The fourth-order valence-electron chi connectivity index (χ4n) is 4.18. The Morgan fingerprint density at radius 3 is 2.68 bits per heavy atom. The number of para-hydroxylation sites is 1. The van der Waals surface area contributed by atoms with E-state index in [9.17, 15) is 9.90 Å². The van der Waals surface area contributed by atoms with Crippen LogP contribution in [-0.2, 0) is 0 Å². The Hall–Kier alpha value is -5.01. The number of nitrogens with zero attached hydrogens (tertiary/aromatic N) is 5. The molecule has 0 spiro atoms. The van der Waals surface area contributed by atoms with E-state index in [0.717, 1.165) is 5.39 Å². The van der Waals surface area contributed by atoms with Crippen LogP contribution in [0.1, 0.15) is 30.1 Å². The van der Waals surface area contributed by atoms with Crippen molar-refractivity contribution in [1.82, 2.24) is 24.7 Å². The van der Waals surface area contributed by atoms with Gasteiger partial charge in [0.05, 0.1) is 11.4 Å². The van der Waals surface area contributed by atoms with Crippen molar-refractivity contribution in [1.29, 1.82) is 0 Å². The van der Waals surface area contributed by atoms with Crippen molar-refractivity contribution in [2.45, 2.75) is 19.9 Å². The predicted octanol–water partition coefficient (Wildman–Crippen LogP) is 3.24. The number of rotatable bonds is 5. The van der Waals surface area contributed by atoms with Gasteiger partial charge in [-0.1, -0.05) is 42.2 Å².